The molecule has 2 saturated heterocycles. The maximum Gasteiger partial charge on any atom is 0.308 e. The van der Waals surface area contributed by atoms with Crippen LogP contribution in [0.3, 0.4) is 0 Å². The number of carbonyl (C=O) groups is 1. The zero-order chi connectivity index (χ0) is 15.1. The lowest BCUT2D eigenvalue weighted by Crippen LogP contribution is -2.45. The zero-order valence-electron chi connectivity index (χ0n) is 12.1. The molecule has 0 saturated carbocycles. The molecule has 2 aliphatic rings. The Labute approximate surface area is 117 Å². The molecule has 0 amide bonds. The number of fused-ring (bicyclic) bond motifs is 1. The SMILES string of the molecule is CC(C)C(=O)O[C@H]1[C@H]2OC(C)(C)O[C@H]2O[C@@H]1[C@H](O)CO. The van der Waals surface area contributed by atoms with Crippen LogP contribution in [0, 0.1) is 5.92 Å². The van der Waals surface area contributed by atoms with E-state index in [-0.39, 0.29) is 5.92 Å². The zero-order valence-corrected chi connectivity index (χ0v) is 12.1. The molecule has 2 rings (SSSR count). The quantitative estimate of drug-likeness (QED) is 0.691. The molecule has 0 bridgehead atoms. The molecule has 0 radical (unpaired) electrons. The van der Waals surface area contributed by atoms with Gasteiger partial charge in [0.15, 0.2) is 24.3 Å². The molecule has 116 valence electrons. The second kappa shape index (κ2) is 5.57. The molecule has 2 N–H and O–H groups in total. The number of aliphatic hydroxyl groups is 2. The predicted molar refractivity (Wildman–Crippen MR) is 66.5 cm³/mol. The summed E-state index contributed by atoms with van der Waals surface area (Å²) in [5.74, 6) is -1.56. The van der Waals surface area contributed by atoms with Crippen molar-refractivity contribution < 1.29 is 34.0 Å². The molecule has 7 heteroatoms. The Balaban J connectivity index is 2.14. The summed E-state index contributed by atoms with van der Waals surface area (Å²) < 4.78 is 22.1. The van der Waals surface area contributed by atoms with E-state index in [4.69, 9.17) is 24.1 Å². The van der Waals surface area contributed by atoms with E-state index in [0.29, 0.717) is 0 Å². The maximum atomic E-state index is 11.8. The highest BCUT2D eigenvalue weighted by molar-refractivity contribution is 5.71. The second-order valence-corrected chi connectivity index (χ2v) is 5.88. The number of esters is 1. The van der Waals surface area contributed by atoms with Gasteiger partial charge in [-0.3, -0.25) is 4.79 Å². The van der Waals surface area contributed by atoms with Crippen LogP contribution in [-0.4, -0.2) is 59.3 Å². The van der Waals surface area contributed by atoms with Gasteiger partial charge in [0.25, 0.3) is 0 Å². The van der Waals surface area contributed by atoms with Gasteiger partial charge in [0.2, 0.25) is 0 Å². The van der Waals surface area contributed by atoms with Gasteiger partial charge < -0.3 is 29.2 Å². The molecule has 2 heterocycles. The lowest BCUT2D eigenvalue weighted by molar-refractivity contribution is -0.231. The lowest BCUT2D eigenvalue weighted by atomic mass is 10.1. The molecule has 0 unspecified atom stereocenters. The van der Waals surface area contributed by atoms with Crippen LogP contribution >= 0.6 is 0 Å². The van der Waals surface area contributed by atoms with Crippen molar-refractivity contribution in [3.05, 3.63) is 0 Å². The van der Waals surface area contributed by atoms with Crippen molar-refractivity contribution in [2.24, 2.45) is 5.92 Å². The van der Waals surface area contributed by atoms with Crippen LogP contribution < -0.4 is 0 Å². The number of ether oxygens (including phenoxy) is 4. The molecule has 0 aromatic carbocycles. The molecular weight excluding hydrogens is 268 g/mol. The highest BCUT2D eigenvalue weighted by Gasteiger charge is 2.58. The van der Waals surface area contributed by atoms with E-state index in [0.717, 1.165) is 0 Å². The van der Waals surface area contributed by atoms with Gasteiger partial charge in [-0.2, -0.15) is 0 Å². The van der Waals surface area contributed by atoms with E-state index >= 15 is 0 Å². The Hall–Kier alpha value is -0.730. The summed E-state index contributed by atoms with van der Waals surface area (Å²) in [4.78, 5) is 11.8. The van der Waals surface area contributed by atoms with E-state index in [9.17, 15) is 9.90 Å². The molecule has 20 heavy (non-hydrogen) atoms. The number of hydrogen-bond donors (Lipinski definition) is 2. The average Bonchev–Trinajstić information content (AvgIpc) is 2.81. The first-order valence-corrected chi connectivity index (χ1v) is 6.75. The summed E-state index contributed by atoms with van der Waals surface area (Å²) in [6.45, 7) is 6.39. The summed E-state index contributed by atoms with van der Waals surface area (Å²) in [6, 6.07) is 0. The van der Waals surface area contributed by atoms with Crippen LogP contribution in [0.2, 0.25) is 0 Å². The average molecular weight is 290 g/mol. The fourth-order valence-electron chi connectivity index (χ4n) is 2.32. The lowest BCUT2D eigenvalue weighted by Gasteiger charge is -2.28. The van der Waals surface area contributed by atoms with Gasteiger partial charge in [-0.1, -0.05) is 13.8 Å². The molecule has 2 fully saturated rings. The number of hydrogen-bond acceptors (Lipinski definition) is 7. The third-order valence-electron chi connectivity index (χ3n) is 3.32. The fraction of sp³-hybridized carbons (Fsp3) is 0.923. The molecule has 0 spiro atoms. The smallest absolute Gasteiger partial charge is 0.308 e. The van der Waals surface area contributed by atoms with Crippen LogP contribution in [0.15, 0.2) is 0 Å². The van der Waals surface area contributed by atoms with Crippen molar-refractivity contribution in [3.8, 4) is 0 Å². The predicted octanol–water partition coefficient (Wildman–Crippen LogP) is -0.216. The fourth-order valence-corrected chi connectivity index (χ4v) is 2.32. The second-order valence-electron chi connectivity index (χ2n) is 5.88. The first-order chi connectivity index (χ1) is 9.25. The van der Waals surface area contributed by atoms with Crippen molar-refractivity contribution in [3.63, 3.8) is 0 Å². The molecule has 2 aliphatic heterocycles. The molecule has 5 atom stereocenters. The molecule has 0 aromatic rings. The summed E-state index contributed by atoms with van der Waals surface area (Å²) in [5.41, 5.74) is 0. The van der Waals surface area contributed by atoms with Crippen molar-refractivity contribution in [1.82, 2.24) is 0 Å². The number of rotatable bonds is 4. The van der Waals surface area contributed by atoms with Crippen LogP contribution in [-0.2, 0) is 23.7 Å². The Morgan fingerprint density at radius 1 is 1.35 bits per heavy atom. The standard InChI is InChI=1S/C13H22O7/c1-6(2)11(16)17-9-8(7(15)5-14)18-12-10(9)19-13(3,4)20-12/h6-10,12,14-15H,5H2,1-4H3/t7-,8-,9-,10-,12-/m1/s1. The van der Waals surface area contributed by atoms with Gasteiger partial charge in [0.1, 0.15) is 12.2 Å². The van der Waals surface area contributed by atoms with E-state index in [1.165, 1.54) is 0 Å². The highest BCUT2D eigenvalue weighted by Crippen LogP contribution is 2.39. The van der Waals surface area contributed by atoms with Gasteiger partial charge in [-0.05, 0) is 13.8 Å². The van der Waals surface area contributed by atoms with Crippen molar-refractivity contribution in [2.45, 2.75) is 64.2 Å². The maximum absolute atomic E-state index is 11.8. The third-order valence-corrected chi connectivity index (χ3v) is 3.32. The van der Waals surface area contributed by atoms with Crippen LogP contribution in [0.5, 0.6) is 0 Å². The molecule has 7 nitrogen and oxygen atoms in total. The van der Waals surface area contributed by atoms with Crippen LogP contribution in [0.1, 0.15) is 27.7 Å². The minimum Gasteiger partial charge on any atom is -0.456 e. The van der Waals surface area contributed by atoms with Crippen molar-refractivity contribution in [2.75, 3.05) is 6.61 Å². The van der Waals surface area contributed by atoms with Gasteiger partial charge in [0, 0.05) is 0 Å². The first-order valence-electron chi connectivity index (χ1n) is 6.75. The minimum atomic E-state index is -1.17. The largest absolute Gasteiger partial charge is 0.456 e. The minimum absolute atomic E-state index is 0.309. The van der Waals surface area contributed by atoms with Crippen molar-refractivity contribution >= 4 is 5.97 Å². The topological polar surface area (TPSA) is 94.5 Å². The Bertz CT molecular complexity index is 368. The van der Waals surface area contributed by atoms with Gasteiger partial charge in [0.05, 0.1) is 12.5 Å². The summed E-state index contributed by atoms with van der Waals surface area (Å²) in [6.07, 6.45) is -4.17. The van der Waals surface area contributed by atoms with Gasteiger partial charge >= 0.3 is 5.97 Å². The van der Waals surface area contributed by atoms with E-state index < -0.39 is 49.1 Å². The van der Waals surface area contributed by atoms with Gasteiger partial charge in [-0.25, -0.2) is 0 Å². The van der Waals surface area contributed by atoms with Gasteiger partial charge in [-0.15, -0.1) is 0 Å². The summed E-state index contributed by atoms with van der Waals surface area (Å²) >= 11 is 0. The van der Waals surface area contributed by atoms with E-state index in [1.54, 1.807) is 27.7 Å². The third kappa shape index (κ3) is 2.96. The summed E-state index contributed by atoms with van der Waals surface area (Å²) in [7, 11) is 0. The summed E-state index contributed by atoms with van der Waals surface area (Å²) in [5, 5.41) is 18.9. The monoisotopic (exact) mass is 290 g/mol. The Kier molecular flexibility index (Phi) is 4.36. The first kappa shape index (κ1) is 15.7. The van der Waals surface area contributed by atoms with E-state index in [1.807, 2.05) is 0 Å². The highest BCUT2D eigenvalue weighted by atomic mass is 16.8. The Morgan fingerprint density at radius 2 is 2.00 bits per heavy atom. The van der Waals surface area contributed by atoms with Crippen molar-refractivity contribution in [1.29, 1.82) is 0 Å². The normalized spacial score (nSPS) is 37.0. The Morgan fingerprint density at radius 3 is 2.55 bits per heavy atom. The number of carbonyl (C=O) groups excluding carboxylic acids is 1. The van der Waals surface area contributed by atoms with Crippen LogP contribution in [0.25, 0.3) is 0 Å². The molecular formula is C13H22O7. The molecule has 0 aromatic heterocycles. The van der Waals surface area contributed by atoms with E-state index in [2.05, 4.69) is 0 Å². The van der Waals surface area contributed by atoms with Crippen LogP contribution in [0.4, 0.5) is 0 Å². The number of aliphatic hydroxyl groups excluding tert-OH is 2. The molecule has 0 aliphatic carbocycles.